The highest BCUT2D eigenvalue weighted by molar-refractivity contribution is 5.99. The van der Waals surface area contributed by atoms with E-state index in [-0.39, 0.29) is 12.2 Å². The van der Waals surface area contributed by atoms with Crippen molar-refractivity contribution in [2.24, 2.45) is 0 Å². The van der Waals surface area contributed by atoms with E-state index in [0.717, 1.165) is 7.11 Å². The Morgan fingerprint density at radius 1 is 1.47 bits per heavy atom. The van der Waals surface area contributed by atoms with Crippen LogP contribution >= 0.6 is 0 Å². The molecule has 5 nitrogen and oxygen atoms in total. The minimum Gasteiger partial charge on any atom is -0.467 e. The van der Waals surface area contributed by atoms with E-state index in [9.17, 15) is 14.7 Å². The van der Waals surface area contributed by atoms with Crippen molar-refractivity contribution in [1.82, 2.24) is 0 Å². The van der Waals surface area contributed by atoms with Crippen LogP contribution in [0.2, 0.25) is 0 Å². The van der Waals surface area contributed by atoms with Gasteiger partial charge in [0.1, 0.15) is 0 Å². The molecule has 0 radical (unpaired) electrons. The third-order valence-corrected chi connectivity index (χ3v) is 1.89. The lowest BCUT2D eigenvalue weighted by Gasteiger charge is -2.21. The van der Waals surface area contributed by atoms with Gasteiger partial charge in [-0.05, 0) is 20.8 Å². The summed E-state index contributed by atoms with van der Waals surface area (Å²) in [5, 5.41) is 9.80. The van der Waals surface area contributed by atoms with Crippen molar-refractivity contribution in [3.8, 4) is 0 Å². The molecule has 1 N–H and O–H groups in total. The molecule has 0 amide bonds. The molecular weight excluding hydrogens is 200 g/mol. The molecule has 0 bridgehead atoms. The van der Waals surface area contributed by atoms with Crippen LogP contribution in [0.4, 0.5) is 0 Å². The Morgan fingerprint density at radius 3 is 2.33 bits per heavy atom. The molecule has 0 rings (SSSR count). The summed E-state index contributed by atoms with van der Waals surface area (Å²) in [6.07, 6.45) is 1.33. The largest absolute Gasteiger partial charge is 0.467 e. The number of esters is 2. The normalized spacial score (nSPS) is 15.4. The van der Waals surface area contributed by atoms with Crippen LogP contribution in [-0.2, 0) is 19.1 Å². The van der Waals surface area contributed by atoms with Gasteiger partial charge in [0.2, 0.25) is 0 Å². The Kier molecular flexibility index (Phi) is 5.00. The number of methoxy groups -OCH3 is 1. The average molecular weight is 216 g/mol. The molecule has 0 aliphatic heterocycles. The Labute approximate surface area is 88.7 Å². The first-order valence-electron chi connectivity index (χ1n) is 4.56. The summed E-state index contributed by atoms with van der Waals surface area (Å²) < 4.78 is 9.09. The van der Waals surface area contributed by atoms with Gasteiger partial charge in [0.05, 0.1) is 19.3 Å². The topological polar surface area (TPSA) is 72.8 Å². The molecule has 1 unspecified atom stereocenters. The first-order chi connectivity index (χ1) is 6.91. The van der Waals surface area contributed by atoms with Crippen molar-refractivity contribution >= 4 is 11.9 Å². The summed E-state index contributed by atoms with van der Waals surface area (Å²) >= 11 is 0. The summed E-state index contributed by atoms with van der Waals surface area (Å²) in [6.45, 7) is 4.53. The van der Waals surface area contributed by atoms with Crippen LogP contribution in [0, 0.1) is 0 Å². The number of carbonyl (C=O) groups is 2. The van der Waals surface area contributed by atoms with E-state index >= 15 is 0 Å². The molecule has 0 fully saturated rings. The zero-order chi connectivity index (χ0) is 12.1. The summed E-state index contributed by atoms with van der Waals surface area (Å²) in [5.41, 5.74) is -2.10. The number of hydrogen-bond acceptors (Lipinski definition) is 5. The highest BCUT2D eigenvalue weighted by atomic mass is 16.5. The van der Waals surface area contributed by atoms with Gasteiger partial charge in [-0.3, -0.25) is 0 Å². The maximum atomic E-state index is 11.4. The first kappa shape index (κ1) is 13.6. The number of aliphatic hydroxyl groups is 1. The van der Waals surface area contributed by atoms with Crippen molar-refractivity contribution < 1.29 is 24.2 Å². The van der Waals surface area contributed by atoms with E-state index in [1.807, 2.05) is 0 Å². The van der Waals surface area contributed by atoms with Crippen molar-refractivity contribution in [2.75, 3.05) is 13.7 Å². The van der Waals surface area contributed by atoms with Gasteiger partial charge in [0.15, 0.2) is 5.60 Å². The summed E-state index contributed by atoms with van der Waals surface area (Å²) in [5.74, 6) is -1.63. The molecule has 0 aliphatic rings. The Balaban J connectivity index is 4.98. The van der Waals surface area contributed by atoms with E-state index in [1.165, 1.54) is 19.9 Å². The van der Waals surface area contributed by atoms with Crippen LogP contribution in [0.1, 0.15) is 20.8 Å². The second kappa shape index (κ2) is 5.50. The monoisotopic (exact) mass is 216 g/mol. The molecular formula is C10H16O5. The van der Waals surface area contributed by atoms with Crippen molar-refractivity contribution in [3.05, 3.63) is 11.6 Å². The molecule has 0 heterocycles. The number of ether oxygens (including phenoxy) is 2. The zero-order valence-electron chi connectivity index (χ0n) is 9.36. The van der Waals surface area contributed by atoms with Gasteiger partial charge >= 0.3 is 11.9 Å². The van der Waals surface area contributed by atoms with E-state index in [4.69, 9.17) is 4.74 Å². The number of allylic oxidation sites excluding steroid dienone is 1. The minimum atomic E-state index is -1.98. The standard InChI is InChI=1S/C10H16O5/c1-5-7(8(11)15-6-2)10(3,13)9(12)14-4/h5,13H,6H2,1-4H3/b7-5-. The molecule has 0 saturated carbocycles. The van der Waals surface area contributed by atoms with Gasteiger partial charge in [0, 0.05) is 0 Å². The molecule has 86 valence electrons. The fourth-order valence-corrected chi connectivity index (χ4v) is 1.12. The smallest absolute Gasteiger partial charge is 0.342 e. The molecule has 0 spiro atoms. The molecule has 0 saturated heterocycles. The van der Waals surface area contributed by atoms with E-state index in [2.05, 4.69) is 4.74 Å². The number of hydrogen-bond donors (Lipinski definition) is 1. The molecule has 0 aromatic rings. The van der Waals surface area contributed by atoms with Crippen molar-refractivity contribution in [1.29, 1.82) is 0 Å². The van der Waals surface area contributed by atoms with Gasteiger partial charge in [-0.15, -0.1) is 0 Å². The maximum Gasteiger partial charge on any atom is 0.342 e. The predicted molar refractivity (Wildman–Crippen MR) is 53.0 cm³/mol. The van der Waals surface area contributed by atoms with E-state index in [0.29, 0.717) is 0 Å². The lowest BCUT2D eigenvalue weighted by molar-refractivity contribution is -0.160. The van der Waals surface area contributed by atoms with E-state index in [1.54, 1.807) is 6.92 Å². The van der Waals surface area contributed by atoms with Gasteiger partial charge in [-0.25, -0.2) is 9.59 Å². The van der Waals surface area contributed by atoms with Gasteiger partial charge in [-0.1, -0.05) is 6.08 Å². The SMILES string of the molecule is C/C=C(/C(=O)OCC)C(C)(O)C(=O)OC. The summed E-state index contributed by atoms with van der Waals surface area (Å²) in [6, 6.07) is 0. The van der Waals surface area contributed by atoms with Crippen LogP contribution < -0.4 is 0 Å². The fourth-order valence-electron chi connectivity index (χ4n) is 1.12. The molecule has 15 heavy (non-hydrogen) atoms. The highest BCUT2D eigenvalue weighted by Crippen LogP contribution is 2.19. The van der Waals surface area contributed by atoms with E-state index < -0.39 is 17.5 Å². The second-order valence-electron chi connectivity index (χ2n) is 2.99. The first-order valence-corrected chi connectivity index (χ1v) is 4.56. The van der Waals surface area contributed by atoms with Crippen LogP contribution in [-0.4, -0.2) is 36.4 Å². The quantitative estimate of drug-likeness (QED) is 0.544. The van der Waals surface area contributed by atoms with Gasteiger partial charge < -0.3 is 14.6 Å². The molecule has 0 aromatic heterocycles. The third-order valence-electron chi connectivity index (χ3n) is 1.89. The molecule has 1 atom stereocenters. The second-order valence-corrected chi connectivity index (χ2v) is 2.99. The number of carbonyl (C=O) groups excluding carboxylic acids is 2. The fraction of sp³-hybridized carbons (Fsp3) is 0.600. The Hall–Kier alpha value is -1.36. The Bertz CT molecular complexity index is 278. The van der Waals surface area contributed by atoms with Crippen LogP contribution in [0.3, 0.4) is 0 Å². The third kappa shape index (κ3) is 3.06. The molecule has 0 aromatic carbocycles. The predicted octanol–water partition coefficient (Wildman–Crippen LogP) is 0.420. The zero-order valence-corrected chi connectivity index (χ0v) is 9.36. The Morgan fingerprint density at radius 2 is 2.00 bits per heavy atom. The summed E-state index contributed by atoms with van der Waals surface area (Å²) in [7, 11) is 1.13. The lowest BCUT2D eigenvalue weighted by atomic mass is 9.96. The van der Waals surface area contributed by atoms with Crippen LogP contribution in [0.25, 0.3) is 0 Å². The van der Waals surface area contributed by atoms with Crippen molar-refractivity contribution in [2.45, 2.75) is 26.4 Å². The van der Waals surface area contributed by atoms with Crippen LogP contribution in [0.5, 0.6) is 0 Å². The number of rotatable bonds is 4. The summed E-state index contributed by atoms with van der Waals surface area (Å²) in [4.78, 5) is 22.6. The highest BCUT2D eigenvalue weighted by Gasteiger charge is 2.40. The average Bonchev–Trinajstić information content (AvgIpc) is 2.17. The van der Waals surface area contributed by atoms with Crippen molar-refractivity contribution in [3.63, 3.8) is 0 Å². The van der Waals surface area contributed by atoms with Gasteiger partial charge in [0.25, 0.3) is 0 Å². The maximum absolute atomic E-state index is 11.4. The minimum absolute atomic E-state index is 0.129. The molecule has 0 aliphatic carbocycles. The molecule has 5 heteroatoms. The van der Waals surface area contributed by atoms with Gasteiger partial charge in [-0.2, -0.15) is 0 Å². The lowest BCUT2D eigenvalue weighted by Crippen LogP contribution is -2.41. The van der Waals surface area contributed by atoms with Crippen LogP contribution in [0.15, 0.2) is 11.6 Å².